The molecular weight excluding hydrogens is 380 g/mol. The summed E-state index contributed by atoms with van der Waals surface area (Å²) in [5.74, 6) is 0. The Balaban J connectivity index is 1.85. The number of methoxy groups -OCH3 is 1. The van der Waals surface area contributed by atoms with Gasteiger partial charge in [-0.05, 0) is 30.7 Å². The Kier molecular flexibility index (Phi) is 4.83. The van der Waals surface area contributed by atoms with E-state index in [-0.39, 0.29) is 22.7 Å². The number of nitrogens with zero attached hydrogens (tertiary/aromatic N) is 3. The molecule has 2 aromatic heterocycles. The van der Waals surface area contributed by atoms with E-state index >= 15 is 0 Å². The molecule has 0 bridgehead atoms. The summed E-state index contributed by atoms with van der Waals surface area (Å²) in [5.41, 5.74) is 0.420. The number of thiophene rings is 1. The summed E-state index contributed by atoms with van der Waals surface area (Å²) >= 11 is 1.43. The number of aryl methyl sites for hydroxylation is 1. The molecule has 2 aromatic rings. The fourth-order valence-electron chi connectivity index (χ4n) is 3.70. The number of rotatable bonds is 7. The van der Waals surface area contributed by atoms with Crippen molar-refractivity contribution in [3.05, 3.63) is 31.3 Å². The molecular formula is C19H26N4O4S. The van der Waals surface area contributed by atoms with Gasteiger partial charge in [0.15, 0.2) is 0 Å². The molecule has 8 nitrogen and oxygen atoms in total. The van der Waals surface area contributed by atoms with Crippen LogP contribution in [0.1, 0.15) is 30.2 Å². The lowest BCUT2D eigenvalue weighted by atomic mass is 10.1. The van der Waals surface area contributed by atoms with Crippen molar-refractivity contribution < 1.29 is 9.53 Å². The lowest BCUT2D eigenvalue weighted by Crippen LogP contribution is -2.41. The molecule has 28 heavy (non-hydrogen) atoms. The molecule has 152 valence electrons. The normalized spacial score (nSPS) is 18.1. The van der Waals surface area contributed by atoms with E-state index in [9.17, 15) is 14.4 Å². The lowest BCUT2D eigenvalue weighted by molar-refractivity contribution is 0.186. The van der Waals surface area contributed by atoms with Crippen LogP contribution in [0.25, 0.3) is 10.2 Å². The standard InChI is InChI=1S/C19H26N4O4S/c1-12-13(10-21-7-6-20-17(21)25)28-16-14(12)15(24)23(11-19(2)4-5-19)18(26)22(16)8-9-27-3/h4-11H2,1-3H3,(H,20,25). The van der Waals surface area contributed by atoms with Crippen LogP contribution in [0, 0.1) is 12.3 Å². The van der Waals surface area contributed by atoms with Crippen molar-refractivity contribution in [1.82, 2.24) is 19.4 Å². The third-order valence-corrected chi connectivity index (χ3v) is 7.13. The van der Waals surface area contributed by atoms with Gasteiger partial charge in [-0.1, -0.05) is 6.92 Å². The molecule has 1 N–H and O–H groups in total. The van der Waals surface area contributed by atoms with E-state index in [1.54, 1.807) is 16.6 Å². The van der Waals surface area contributed by atoms with Crippen LogP contribution < -0.4 is 16.6 Å². The Morgan fingerprint density at radius 2 is 1.96 bits per heavy atom. The maximum atomic E-state index is 13.2. The Labute approximate surface area is 166 Å². The number of carbonyl (C=O) groups excluding carboxylic acids is 1. The molecule has 2 amide bonds. The highest BCUT2D eigenvalue weighted by atomic mass is 32.1. The van der Waals surface area contributed by atoms with Crippen LogP contribution in [0.3, 0.4) is 0 Å². The van der Waals surface area contributed by atoms with E-state index in [4.69, 9.17) is 4.74 Å². The van der Waals surface area contributed by atoms with E-state index in [1.165, 1.54) is 15.9 Å². The third kappa shape index (κ3) is 3.26. The van der Waals surface area contributed by atoms with Crippen LogP contribution in [0.15, 0.2) is 9.59 Å². The Morgan fingerprint density at radius 3 is 2.57 bits per heavy atom. The average molecular weight is 407 g/mol. The highest BCUT2D eigenvalue weighted by Gasteiger charge is 2.39. The molecule has 4 rings (SSSR count). The van der Waals surface area contributed by atoms with Crippen LogP contribution in [0.2, 0.25) is 0 Å². The highest BCUT2D eigenvalue weighted by Crippen LogP contribution is 2.46. The van der Waals surface area contributed by atoms with Gasteiger partial charge < -0.3 is 15.0 Å². The zero-order valence-corrected chi connectivity index (χ0v) is 17.4. The molecule has 1 aliphatic carbocycles. The van der Waals surface area contributed by atoms with Gasteiger partial charge in [0, 0.05) is 31.6 Å². The number of carbonyl (C=O) groups is 1. The number of aromatic nitrogens is 2. The summed E-state index contributed by atoms with van der Waals surface area (Å²) in [4.78, 5) is 41.7. The van der Waals surface area contributed by atoms with Crippen molar-refractivity contribution in [2.45, 2.75) is 46.3 Å². The predicted molar refractivity (Wildman–Crippen MR) is 108 cm³/mol. The quantitative estimate of drug-likeness (QED) is 0.755. The molecule has 9 heteroatoms. The van der Waals surface area contributed by atoms with Gasteiger partial charge in [-0.15, -0.1) is 11.3 Å². The van der Waals surface area contributed by atoms with Gasteiger partial charge in [-0.3, -0.25) is 13.9 Å². The number of hydrogen-bond donors (Lipinski definition) is 1. The van der Waals surface area contributed by atoms with Crippen molar-refractivity contribution in [2.24, 2.45) is 5.41 Å². The minimum Gasteiger partial charge on any atom is -0.383 e. The van der Waals surface area contributed by atoms with Gasteiger partial charge in [-0.25, -0.2) is 9.59 Å². The maximum Gasteiger partial charge on any atom is 0.332 e. The number of urea groups is 1. The number of nitrogens with one attached hydrogen (secondary N) is 1. The minimum absolute atomic E-state index is 0.0378. The Bertz CT molecular complexity index is 1050. The molecule has 3 heterocycles. The summed E-state index contributed by atoms with van der Waals surface area (Å²) in [6.07, 6.45) is 2.07. The van der Waals surface area contributed by atoms with Crippen LogP contribution in [0.4, 0.5) is 4.79 Å². The van der Waals surface area contributed by atoms with E-state index in [2.05, 4.69) is 12.2 Å². The lowest BCUT2D eigenvalue weighted by Gasteiger charge is -2.14. The number of fused-ring (bicyclic) bond motifs is 1. The van der Waals surface area contributed by atoms with Crippen LogP contribution >= 0.6 is 11.3 Å². The van der Waals surface area contributed by atoms with Crippen molar-refractivity contribution in [1.29, 1.82) is 0 Å². The molecule has 1 saturated heterocycles. The van der Waals surface area contributed by atoms with Gasteiger partial charge in [0.25, 0.3) is 5.56 Å². The van der Waals surface area contributed by atoms with Crippen molar-refractivity contribution in [3.63, 3.8) is 0 Å². The molecule has 2 aliphatic rings. The van der Waals surface area contributed by atoms with Crippen LogP contribution in [-0.2, 0) is 24.4 Å². The summed E-state index contributed by atoms with van der Waals surface area (Å²) in [5, 5.41) is 3.40. The van der Waals surface area contributed by atoms with Gasteiger partial charge in [0.1, 0.15) is 4.83 Å². The Morgan fingerprint density at radius 1 is 1.21 bits per heavy atom. The largest absolute Gasteiger partial charge is 0.383 e. The van der Waals surface area contributed by atoms with Crippen molar-refractivity contribution in [2.75, 3.05) is 26.8 Å². The van der Waals surface area contributed by atoms with E-state index in [0.717, 1.165) is 23.3 Å². The summed E-state index contributed by atoms with van der Waals surface area (Å²) in [6, 6.07) is -0.0901. The predicted octanol–water partition coefficient (Wildman–Crippen LogP) is 1.50. The molecule has 1 aliphatic heterocycles. The Hall–Kier alpha value is -2.13. The van der Waals surface area contributed by atoms with Gasteiger partial charge >= 0.3 is 11.7 Å². The number of hydrogen-bond acceptors (Lipinski definition) is 5. The fourth-order valence-corrected chi connectivity index (χ4v) is 5.03. The van der Waals surface area contributed by atoms with E-state index in [1.807, 2.05) is 6.92 Å². The highest BCUT2D eigenvalue weighted by molar-refractivity contribution is 7.18. The fraction of sp³-hybridized carbons (Fsp3) is 0.632. The molecule has 2 fully saturated rings. The summed E-state index contributed by atoms with van der Waals surface area (Å²) in [6.45, 7) is 6.99. The molecule has 0 spiro atoms. The first-order chi connectivity index (χ1) is 13.3. The molecule has 1 saturated carbocycles. The van der Waals surface area contributed by atoms with Crippen molar-refractivity contribution >= 4 is 27.6 Å². The van der Waals surface area contributed by atoms with E-state index in [0.29, 0.717) is 49.5 Å². The zero-order chi connectivity index (χ0) is 20.1. The minimum atomic E-state index is -0.269. The second-order valence-corrected chi connectivity index (χ2v) is 9.20. The monoisotopic (exact) mass is 406 g/mol. The average Bonchev–Trinajstić information content (AvgIpc) is 3.11. The number of ether oxygens (including phenoxy) is 1. The van der Waals surface area contributed by atoms with Gasteiger partial charge in [-0.2, -0.15) is 0 Å². The number of amides is 2. The third-order valence-electron chi connectivity index (χ3n) is 5.84. The molecule has 0 atom stereocenters. The zero-order valence-electron chi connectivity index (χ0n) is 16.5. The second-order valence-electron chi connectivity index (χ2n) is 8.11. The summed E-state index contributed by atoms with van der Waals surface area (Å²) in [7, 11) is 1.60. The first kappa shape index (κ1) is 19.2. The molecule has 0 radical (unpaired) electrons. The smallest absolute Gasteiger partial charge is 0.332 e. The first-order valence-corrected chi connectivity index (χ1v) is 10.4. The van der Waals surface area contributed by atoms with Gasteiger partial charge in [0.2, 0.25) is 0 Å². The second kappa shape index (κ2) is 7.04. The van der Waals surface area contributed by atoms with Crippen LogP contribution in [-0.4, -0.2) is 46.9 Å². The molecule has 0 aromatic carbocycles. The van der Waals surface area contributed by atoms with Crippen molar-refractivity contribution in [3.8, 4) is 0 Å². The van der Waals surface area contributed by atoms with E-state index < -0.39 is 0 Å². The molecule has 0 unspecified atom stereocenters. The SMILES string of the molecule is COCCn1c(=O)n(CC2(C)CC2)c(=O)c2c(C)c(CN3CCNC3=O)sc21. The summed E-state index contributed by atoms with van der Waals surface area (Å²) < 4.78 is 8.25. The first-order valence-electron chi connectivity index (χ1n) is 9.62. The topological polar surface area (TPSA) is 85.6 Å². The maximum absolute atomic E-state index is 13.2. The van der Waals surface area contributed by atoms with Crippen LogP contribution in [0.5, 0.6) is 0 Å². The van der Waals surface area contributed by atoms with Gasteiger partial charge in [0.05, 0.1) is 25.1 Å².